The third-order valence-electron chi connectivity index (χ3n) is 4.89. The third-order valence-corrected chi connectivity index (χ3v) is 4.89. The van der Waals surface area contributed by atoms with Gasteiger partial charge >= 0.3 is 0 Å². The molecule has 2 N–H and O–H groups in total. The molecule has 3 aromatic rings. The average Bonchev–Trinajstić information content (AvgIpc) is 3.01. The smallest absolute Gasteiger partial charge is 0.266 e. The molecule has 2 aromatic carbocycles. The Morgan fingerprint density at radius 1 is 0.935 bits per heavy atom. The molecule has 1 aromatic heterocycles. The van der Waals surface area contributed by atoms with E-state index >= 15 is 0 Å². The van der Waals surface area contributed by atoms with Gasteiger partial charge in [-0.25, -0.2) is 0 Å². The lowest BCUT2D eigenvalue weighted by Gasteiger charge is -2.10. The van der Waals surface area contributed by atoms with E-state index in [0.717, 1.165) is 22.6 Å². The number of aromatic nitrogens is 1. The molecule has 6 heteroatoms. The van der Waals surface area contributed by atoms with Gasteiger partial charge in [0, 0.05) is 35.4 Å². The van der Waals surface area contributed by atoms with Gasteiger partial charge in [0.2, 0.25) is 5.91 Å². The van der Waals surface area contributed by atoms with E-state index in [2.05, 4.69) is 27.3 Å². The highest BCUT2D eigenvalue weighted by Gasteiger charge is 2.14. The van der Waals surface area contributed by atoms with E-state index < -0.39 is 5.91 Å². The molecule has 0 aliphatic carbocycles. The van der Waals surface area contributed by atoms with Crippen LogP contribution in [0.3, 0.4) is 0 Å². The normalized spacial score (nSPS) is 11.0. The number of carbonyl (C=O) groups excluding carboxylic acids is 2. The maximum absolute atomic E-state index is 12.6. The van der Waals surface area contributed by atoms with E-state index in [-0.39, 0.29) is 11.5 Å². The second-order valence-corrected chi connectivity index (χ2v) is 7.38. The highest BCUT2D eigenvalue weighted by atomic mass is 16.2. The fraction of sp³-hybridized carbons (Fsp3) is 0.160. The fourth-order valence-corrected chi connectivity index (χ4v) is 3.37. The van der Waals surface area contributed by atoms with E-state index in [1.807, 2.05) is 45.0 Å². The Bertz CT molecular complexity index is 1190. The zero-order valence-corrected chi connectivity index (χ0v) is 18.0. The first-order chi connectivity index (χ1) is 14.8. The summed E-state index contributed by atoms with van der Waals surface area (Å²) in [5.74, 6) is -0.662. The number of hydrogen-bond acceptors (Lipinski definition) is 3. The van der Waals surface area contributed by atoms with Gasteiger partial charge in [0.25, 0.3) is 5.91 Å². The maximum atomic E-state index is 12.6. The fourth-order valence-electron chi connectivity index (χ4n) is 3.37. The Hall–Kier alpha value is -4.11. The molecule has 0 radical (unpaired) electrons. The Labute approximate surface area is 181 Å². The quantitative estimate of drug-likeness (QED) is 0.461. The highest BCUT2D eigenvalue weighted by molar-refractivity contribution is 6.09. The second kappa shape index (κ2) is 9.14. The zero-order chi connectivity index (χ0) is 22.5. The van der Waals surface area contributed by atoms with Crippen molar-refractivity contribution >= 4 is 29.3 Å². The van der Waals surface area contributed by atoms with Gasteiger partial charge in [-0.3, -0.25) is 9.59 Å². The Morgan fingerprint density at radius 2 is 1.52 bits per heavy atom. The lowest BCUT2D eigenvalue weighted by Crippen LogP contribution is -2.13. The summed E-state index contributed by atoms with van der Waals surface area (Å²) in [5.41, 5.74) is 6.15. The van der Waals surface area contributed by atoms with Gasteiger partial charge < -0.3 is 15.2 Å². The van der Waals surface area contributed by atoms with E-state index in [1.54, 1.807) is 30.3 Å². The summed E-state index contributed by atoms with van der Waals surface area (Å²) in [6.45, 7) is 7.42. The van der Waals surface area contributed by atoms with Gasteiger partial charge in [-0.05, 0) is 74.9 Å². The SMILES string of the molecule is CC(=O)Nc1ccc(NC(=O)/C(C#N)=C/c2cc(C)n(-c3ccc(C)cc3)c2C)cc1. The first kappa shape index (κ1) is 21.6. The van der Waals surface area contributed by atoms with Gasteiger partial charge in [0.15, 0.2) is 0 Å². The highest BCUT2D eigenvalue weighted by Crippen LogP contribution is 2.23. The molecular weight excluding hydrogens is 388 g/mol. The predicted molar refractivity (Wildman–Crippen MR) is 123 cm³/mol. The molecule has 0 atom stereocenters. The third kappa shape index (κ3) is 5.09. The molecule has 0 aliphatic rings. The van der Waals surface area contributed by atoms with Gasteiger partial charge in [-0.2, -0.15) is 5.26 Å². The Kier molecular flexibility index (Phi) is 6.37. The number of hydrogen-bond donors (Lipinski definition) is 2. The molecule has 0 saturated heterocycles. The molecule has 0 bridgehead atoms. The number of nitrogens with one attached hydrogen (secondary N) is 2. The minimum absolute atomic E-state index is 0.00935. The van der Waals surface area contributed by atoms with E-state index in [4.69, 9.17) is 0 Å². The molecule has 0 unspecified atom stereocenters. The Balaban J connectivity index is 1.84. The van der Waals surface area contributed by atoms with Crippen molar-refractivity contribution in [1.29, 1.82) is 5.26 Å². The largest absolute Gasteiger partial charge is 0.326 e. The Morgan fingerprint density at radius 3 is 2.06 bits per heavy atom. The molecule has 6 nitrogen and oxygen atoms in total. The number of amides is 2. The molecule has 2 amide bonds. The van der Waals surface area contributed by atoms with Crippen LogP contribution in [0.1, 0.15) is 29.4 Å². The van der Waals surface area contributed by atoms with Crippen LogP contribution in [0.4, 0.5) is 11.4 Å². The van der Waals surface area contributed by atoms with Crippen LogP contribution in [0.2, 0.25) is 0 Å². The average molecular weight is 412 g/mol. The number of anilines is 2. The van der Waals surface area contributed by atoms with Gasteiger partial charge in [0.1, 0.15) is 11.6 Å². The number of aryl methyl sites for hydroxylation is 2. The van der Waals surface area contributed by atoms with Crippen molar-refractivity contribution in [3.63, 3.8) is 0 Å². The molecule has 3 rings (SSSR count). The van der Waals surface area contributed by atoms with Crippen LogP contribution in [0.25, 0.3) is 11.8 Å². The van der Waals surface area contributed by atoms with Gasteiger partial charge in [-0.1, -0.05) is 17.7 Å². The molecule has 1 heterocycles. The minimum atomic E-state index is -0.491. The standard InChI is InChI=1S/C25H24N4O2/c1-16-5-11-24(12-6-16)29-17(2)13-20(18(29)3)14-21(15-26)25(31)28-23-9-7-22(8-10-23)27-19(4)30/h5-14H,1-4H3,(H,27,30)(H,28,31)/b21-14+. The summed E-state index contributed by atoms with van der Waals surface area (Å²) in [7, 11) is 0. The summed E-state index contributed by atoms with van der Waals surface area (Å²) in [6.07, 6.45) is 1.61. The topological polar surface area (TPSA) is 86.9 Å². The number of nitriles is 1. The summed E-state index contributed by atoms with van der Waals surface area (Å²) in [5, 5.41) is 14.9. The van der Waals surface area contributed by atoms with Crippen LogP contribution < -0.4 is 10.6 Å². The first-order valence-electron chi connectivity index (χ1n) is 9.85. The number of nitrogens with zero attached hydrogens (tertiary/aromatic N) is 2. The first-order valence-corrected chi connectivity index (χ1v) is 9.85. The van der Waals surface area contributed by atoms with E-state index in [9.17, 15) is 14.9 Å². The van der Waals surface area contributed by atoms with E-state index in [0.29, 0.717) is 11.4 Å². The van der Waals surface area contributed by atoms with Crippen LogP contribution in [-0.2, 0) is 9.59 Å². The van der Waals surface area contributed by atoms with Crippen LogP contribution in [-0.4, -0.2) is 16.4 Å². The minimum Gasteiger partial charge on any atom is -0.326 e. The molecule has 0 fully saturated rings. The van der Waals surface area contributed by atoms with Crippen molar-refractivity contribution < 1.29 is 9.59 Å². The molecular formula is C25H24N4O2. The zero-order valence-electron chi connectivity index (χ0n) is 18.0. The van der Waals surface area contributed by atoms with E-state index in [1.165, 1.54) is 12.5 Å². The second-order valence-electron chi connectivity index (χ2n) is 7.38. The predicted octanol–water partition coefficient (Wildman–Crippen LogP) is 4.91. The molecule has 156 valence electrons. The van der Waals surface area contributed by atoms with Gasteiger partial charge in [0.05, 0.1) is 0 Å². The lowest BCUT2D eigenvalue weighted by molar-refractivity contribution is -0.114. The van der Waals surface area contributed by atoms with Crippen molar-refractivity contribution in [2.24, 2.45) is 0 Å². The van der Waals surface area contributed by atoms with Crippen LogP contribution in [0.15, 0.2) is 60.2 Å². The van der Waals surface area contributed by atoms with Gasteiger partial charge in [-0.15, -0.1) is 0 Å². The number of carbonyl (C=O) groups is 2. The maximum Gasteiger partial charge on any atom is 0.266 e. The molecule has 0 saturated carbocycles. The van der Waals surface area contributed by atoms with Crippen LogP contribution in [0.5, 0.6) is 0 Å². The molecule has 0 spiro atoms. The summed E-state index contributed by atoms with van der Waals surface area (Å²) < 4.78 is 2.10. The number of rotatable bonds is 5. The van der Waals surface area contributed by atoms with Crippen molar-refractivity contribution in [2.75, 3.05) is 10.6 Å². The summed E-state index contributed by atoms with van der Waals surface area (Å²) in [4.78, 5) is 23.8. The van der Waals surface area contributed by atoms with Crippen LogP contribution >= 0.6 is 0 Å². The summed E-state index contributed by atoms with van der Waals surface area (Å²) in [6, 6.07) is 18.9. The monoisotopic (exact) mass is 412 g/mol. The van der Waals surface area contributed by atoms with Crippen molar-refractivity contribution in [2.45, 2.75) is 27.7 Å². The summed E-state index contributed by atoms with van der Waals surface area (Å²) >= 11 is 0. The number of benzene rings is 2. The van der Waals surface area contributed by atoms with Crippen molar-refractivity contribution in [3.05, 3.63) is 82.7 Å². The lowest BCUT2D eigenvalue weighted by atomic mass is 10.1. The van der Waals surface area contributed by atoms with Crippen molar-refractivity contribution in [1.82, 2.24) is 4.57 Å². The molecule has 0 aliphatic heterocycles. The molecule has 31 heavy (non-hydrogen) atoms. The van der Waals surface area contributed by atoms with Crippen molar-refractivity contribution in [3.8, 4) is 11.8 Å². The van der Waals surface area contributed by atoms with Crippen LogP contribution in [0, 0.1) is 32.1 Å².